The van der Waals surface area contributed by atoms with Gasteiger partial charge in [-0.2, -0.15) is 5.10 Å². The maximum Gasteiger partial charge on any atom is 0.255 e. The Morgan fingerprint density at radius 3 is 2.92 bits per heavy atom. The van der Waals surface area contributed by atoms with Crippen LogP contribution in [0.1, 0.15) is 17.3 Å². The average molecular weight is 232 g/mol. The molecule has 0 saturated heterocycles. The molecule has 1 aromatic rings. The third kappa shape index (κ3) is 1.66. The van der Waals surface area contributed by atoms with E-state index in [2.05, 4.69) is 26.3 Å². The number of nitrogens with one attached hydrogen (secondary N) is 1. The summed E-state index contributed by atoms with van der Waals surface area (Å²) in [4.78, 5) is 11.3. The van der Waals surface area contributed by atoms with Gasteiger partial charge in [0, 0.05) is 13.6 Å². The lowest BCUT2D eigenvalue weighted by Crippen LogP contribution is -2.22. The van der Waals surface area contributed by atoms with E-state index in [9.17, 15) is 4.79 Å². The highest BCUT2D eigenvalue weighted by atomic mass is 79.9. The smallest absolute Gasteiger partial charge is 0.255 e. The zero-order valence-electron chi connectivity index (χ0n) is 6.97. The van der Waals surface area contributed by atoms with Crippen molar-refractivity contribution in [1.29, 1.82) is 0 Å². The van der Waals surface area contributed by atoms with Crippen molar-refractivity contribution >= 4 is 21.8 Å². The molecular formula is C7H10BrN3O. The Morgan fingerprint density at radius 2 is 2.50 bits per heavy atom. The Hall–Kier alpha value is -0.840. The van der Waals surface area contributed by atoms with Crippen molar-refractivity contribution in [3.63, 3.8) is 0 Å². The minimum absolute atomic E-state index is 0.0996. The fourth-order valence-electron chi connectivity index (χ4n) is 0.831. The first-order chi connectivity index (χ1) is 5.66. The van der Waals surface area contributed by atoms with E-state index in [0.29, 0.717) is 16.7 Å². The van der Waals surface area contributed by atoms with E-state index in [-0.39, 0.29) is 5.91 Å². The molecule has 1 N–H and O–H groups in total. The van der Waals surface area contributed by atoms with Gasteiger partial charge in [-0.05, 0) is 22.9 Å². The highest BCUT2D eigenvalue weighted by Crippen LogP contribution is 2.14. The zero-order valence-corrected chi connectivity index (χ0v) is 8.55. The van der Waals surface area contributed by atoms with Gasteiger partial charge in [-0.3, -0.25) is 9.48 Å². The van der Waals surface area contributed by atoms with Crippen molar-refractivity contribution < 1.29 is 4.79 Å². The quantitative estimate of drug-likeness (QED) is 0.824. The fraction of sp³-hybridized carbons (Fsp3) is 0.429. The largest absolute Gasteiger partial charge is 0.352 e. The molecule has 0 atom stereocenters. The molecule has 1 amide bonds. The number of carbonyl (C=O) groups excluding carboxylic acids is 1. The van der Waals surface area contributed by atoms with Crippen LogP contribution in [0.5, 0.6) is 0 Å². The number of hydrogen-bond donors (Lipinski definition) is 1. The molecule has 0 aromatic carbocycles. The van der Waals surface area contributed by atoms with E-state index < -0.39 is 0 Å². The Kier molecular flexibility index (Phi) is 2.86. The lowest BCUT2D eigenvalue weighted by Gasteiger charge is -1.98. The molecule has 12 heavy (non-hydrogen) atoms. The first kappa shape index (κ1) is 9.25. The predicted molar refractivity (Wildman–Crippen MR) is 48.9 cm³/mol. The molecule has 0 saturated carbocycles. The zero-order chi connectivity index (χ0) is 9.14. The number of aryl methyl sites for hydroxylation is 1. The molecule has 4 nitrogen and oxygen atoms in total. The highest BCUT2D eigenvalue weighted by Gasteiger charge is 2.12. The second-order valence-electron chi connectivity index (χ2n) is 2.33. The number of carbonyl (C=O) groups is 1. The number of halogens is 1. The summed E-state index contributed by atoms with van der Waals surface area (Å²) in [5.41, 5.74) is 0.569. The van der Waals surface area contributed by atoms with Crippen molar-refractivity contribution in [3.8, 4) is 0 Å². The van der Waals surface area contributed by atoms with Crippen LogP contribution >= 0.6 is 15.9 Å². The Morgan fingerprint density at radius 1 is 1.83 bits per heavy atom. The van der Waals surface area contributed by atoms with Crippen LogP contribution in [-0.2, 0) is 7.05 Å². The normalized spacial score (nSPS) is 9.92. The molecule has 1 rings (SSSR count). The summed E-state index contributed by atoms with van der Waals surface area (Å²) < 4.78 is 2.30. The van der Waals surface area contributed by atoms with Crippen molar-refractivity contribution in [2.24, 2.45) is 7.05 Å². The molecule has 1 heterocycles. The van der Waals surface area contributed by atoms with E-state index >= 15 is 0 Å². The van der Waals surface area contributed by atoms with Crippen LogP contribution in [0.4, 0.5) is 0 Å². The molecule has 0 unspecified atom stereocenters. The van der Waals surface area contributed by atoms with Gasteiger partial charge in [-0.15, -0.1) is 0 Å². The monoisotopic (exact) mass is 231 g/mol. The van der Waals surface area contributed by atoms with Gasteiger partial charge >= 0.3 is 0 Å². The summed E-state index contributed by atoms with van der Waals surface area (Å²) in [5, 5.41) is 6.62. The second kappa shape index (κ2) is 3.71. The molecule has 0 radical (unpaired) electrons. The van der Waals surface area contributed by atoms with Gasteiger partial charge in [0.1, 0.15) is 4.60 Å². The SMILES string of the molecule is CCNC(=O)c1cnn(C)c1Br. The van der Waals surface area contributed by atoms with Gasteiger partial charge in [0.2, 0.25) is 0 Å². The molecule has 66 valence electrons. The lowest BCUT2D eigenvalue weighted by molar-refractivity contribution is 0.0955. The van der Waals surface area contributed by atoms with E-state index in [1.54, 1.807) is 11.7 Å². The third-order valence-corrected chi connectivity index (χ3v) is 2.39. The van der Waals surface area contributed by atoms with E-state index in [4.69, 9.17) is 0 Å². The summed E-state index contributed by atoms with van der Waals surface area (Å²) in [5.74, 6) is -0.0996. The summed E-state index contributed by atoms with van der Waals surface area (Å²) in [6.07, 6.45) is 1.54. The number of rotatable bonds is 2. The summed E-state index contributed by atoms with van der Waals surface area (Å²) in [6, 6.07) is 0. The van der Waals surface area contributed by atoms with E-state index in [0.717, 1.165) is 0 Å². The highest BCUT2D eigenvalue weighted by molar-refractivity contribution is 9.10. The predicted octanol–water partition coefficient (Wildman–Crippen LogP) is 0.932. The molecule has 0 bridgehead atoms. The summed E-state index contributed by atoms with van der Waals surface area (Å²) >= 11 is 3.26. The van der Waals surface area contributed by atoms with Gasteiger partial charge in [0.05, 0.1) is 11.8 Å². The molecule has 0 aliphatic heterocycles. The number of nitrogens with zero attached hydrogens (tertiary/aromatic N) is 2. The van der Waals surface area contributed by atoms with Gasteiger partial charge in [0.25, 0.3) is 5.91 Å². The molecule has 1 aromatic heterocycles. The Balaban J connectivity index is 2.88. The standard InChI is InChI=1S/C7H10BrN3O/c1-3-9-7(12)5-4-10-11(2)6(5)8/h4H,3H2,1-2H3,(H,9,12). The van der Waals surface area contributed by atoms with Crippen LogP contribution < -0.4 is 5.32 Å². The van der Waals surface area contributed by atoms with Crippen molar-refractivity contribution in [2.45, 2.75) is 6.92 Å². The first-order valence-corrected chi connectivity index (χ1v) is 4.41. The summed E-state index contributed by atoms with van der Waals surface area (Å²) in [7, 11) is 1.77. The minimum Gasteiger partial charge on any atom is -0.352 e. The fourth-order valence-corrected chi connectivity index (χ4v) is 1.20. The average Bonchev–Trinajstić information content (AvgIpc) is 2.34. The van der Waals surface area contributed by atoms with Crippen molar-refractivity contribution in [3.05, 3.63) is 16.4 Å². The van der Waals surface area contributed by atoms with Crippen LogP contribution in [0.15, 0.2) is 10.8 Å². The maximum atomic E-state index is 11.3. The van der Waals surface area contributed by atoms with Gasteiger partial charge in [-0.1, -0.05) is 0 Å². The molecule has 0 fully saturated rings. The number of hydrogen-bond acceptors (Lipinski definition) is 2. The van der Waals surface area contributed by atoms with Crippen LogP contribution in [0, 0.1) is 0 Å². The van der Waals surface area contributed by atoms with Gasteiger partial charge in [0.15, 0.2) is 0 Å². The van der Waals surface area contributed by atoms with Crippen LogP contribution in [0.25, 0.3) is 0 Å². The van der Waals surface area contributed by atoms with Crippen LogP contribution in [0.2, 0.25) is 0 Å². The Labute approximate surface area is 79.1 Å². The van der Waals surface area contributed by atoms with Crippen molar-refractivity contribution in [1.82, 2.24) is 15.1 Å². The third-order valence-electron chi connectivity index (χ3n) is 1.45. The number of amides is 1. The summed E-state index contributed by atoms with van der Waals surface area (Å²) in [6.45, 7) is 2.50. The van der Waals surface area contributed by atoms with Gasteiger partial charge < -0.3 is 5.32 Å². The molecule has 0 spiro atoms. The minimum atomic E-state index is -0.0996. The lowest BCUT2D eigenvalue weighted by atomic mass is 10.3. The molecule has 5 heteroatoms. The molecule has 0 aliphatic rings. The van der Waals surface area contributed by atoms with Gasteiger partial charge in [-0.25, -0.2) is 0 Å². The second-order valence-corrected chi connectivity index (χ2v) is 3.08. The van der Waals surface area contributed by atoms with Crippen molar-refractivity contribution in [2.75, 3.05) is 6.54 Å². The topological polar surface area (TPSA) is 46.9 Å². The van der Waals surface area contributed by atoms with Crippen LogP contribution in [0.3, 0.4) is 0 Å². The Bertz CT molecular complexity index is 295. The van der Waals surface area contributed by atoms with E-state index in [1.165, 1.54) is 6.20 Å². The molecular weight excluding hydrogens is 222 g/mol. The molecule has 0 aliphatic carbocycles. The van der Waals surface area contributed by atoms with E-state index in [1.807, 2.05) is 6.92 Å². The maximum absolute atomic E-state index is 11.3. The number of aromatic nitrogens is 2. The van der Waals surface area contributed by atoms with Crippen LogP contribution in [-0.4, -0.2) is 22.2 Å². The first-order valence-electron chi connectivity index (χ1n) is 3.62.